The van der Waals surface area contributed by atoms with Crippen molar-refractivity contribution in [2.75, 3.05) is 7.11 Å². The Morgan fingerprint density at radius 1 is 1.26 bits per heavy atom. The van der Waals surface area contributed by atoms with E-state index in [-0.39, 0.29) is 0 Å². The Bertz CT molecular complexity index is 691. The molecule has 1 heterocycles. The number of aryl methyl sites for hydroxylation is 1. The highest BCUT2D eigenvalue weighted by molar-refractivity contribution is 7.80. The molecular weight excluding hydrogens is 315 g/mol. The quantitative estimate of drug-likeness (QED) is 0.450. The molecule has 1 aromatic heterocycles. The summed E-state index contributed by atoms with van der Waals surface area (Å²) in [7, 11) is -1.84. The minimum Gasteiger partial charge on any atom is -0.726 e. The Kier molecular flexibility index (Phi) is 5.45. The summed E-state index contributed by atoms with van der Waals surface area (Å²) in [5.74, 6) is 0. The van der Waals surface area contributed by atoms with E-state index in [0.29, 0.717) is 10.3 Å². The van der Waals surface area contributed by atoms with E-state index in [4.69, 9.17) is 23.2 Å². The van der Waals surface area contributed by atoms with E-state index < -0.39 is 10.4 Å². The van der Waals surface area contributed by atoms with Crippen molar-refractivity contribution < 1.29 is 21.8 Å². The molecule has 104 valence electrons. The van der Waals surface area contributed by atoms with Gasteiger partial charge in [-0.05, 0) is 17.7 Å². The van der Waals surface area contributed by atoms with Gasteiger partial charge in [0.05, 0.1) is 12.5 Å². The van der Waals surface area contributed by atoms with Gasteiger partial charge in [0.15, 0.2) is 7.05 Å². The molecule has 0 amide bonds. The van der Waals surface area contributed by atoms with Crippen molar-refractivity contribution in [3.63, 3.8) is 0 Å². The molecule has 2 aromatic rings. The minimum absolute atomic E-state index is 0.475. The van der Waals surface area contributed by atoms with E-state index in [2.05, 4.69) is 9.28 Å². The second kappa shape index (κ2) is 6.44. The topological polar surface area (TPSA) is 83.2 Å². The Labute approximate surface area is 120 Å². The molecule has 0 aliphatic heterocycles. The van der Waals surface area contributed by atoms with Gasteiger partial charge in [-0.25, -0.2) is 8.42 Å². The molecule has 0 atom stereocenters. The lowest BCUT2D eigenvalue weighted by Crippen LogP contribution is -2.34. The standard InChI is InChI=1S/C9H7Cl2N2.CH4O4S/c1-13-9(11)7-5-3-2-4-6(7)8(10)12-13;1-5-6(2,3)4/h2-5H,1H3;1H3,(H,2,3,4)/q+1;/p-1. The lowest BCUT2D eigenvalue weighted by atomic mass is 10.2. The molecule has 0 aliphatic rings. The first-order valence-corrected chi connectivity index (χ1v) is 6.96. The van der Waals surface area contributed by atoms with Gasteiger partial charge in [0.25, 0.3) is 0 Å². The van der Waals surface area contributed by atoms with Crippen LogP contribution in [0.3, 0.4) is 0 Å². The highest BCUT2D eigenvalue weighted by atomic mass is 35.5. The highest BCUT2D eigenvalue weighted by Crippen LogP contribution is 2.23. The van der Waals surface area contributed by atoms with Crippen LogP contribution in [0.4, 0.5) is 0 Å². The number of rotatable bonds is 1. The van der Waals surface area contributed by atoms with Gasteiger partial charge < -0.3 is 4.55 Å². The van der Waals surface area contributed by atoms with E-state index >= 15 is 0 Å². The molecule has 0 unspecified atom stereocenters. The van der Waals surface area contributed by atoms with E-state index in [9.17, 15) is 13.0 Å². The summed E-state index contributed by atoms with van der Waals surface area (Å²) in [6.45, 7) is 0. The second-order valence-electron chi connectivity index (χ2n) is 3.33. The second-order valence-corrected chi connectivity index (χ2v) is 5.19. The molecular formula is C10H10Cl2N2O4S. The Balaban J connectivity index is 0.000000258. The summed E-state index contributed by atoms with van der Waals surface area (Å²) in [5, 5.41) is 6.93. The summed E-state index contributed by atoms with van der Waals surface area (Å²) in [6.07, 6.45) is 0. The SMILES string of the molecule is COS(=O)(=O)[O-].C[n+]1nc(Cl)c2ccccc2c1Cl. The number of nitrogens with zero attached hydrogens (tertiary/aromatic N) is 2. The Morgan fingerprint density at radius 3 is 2.21 bits per heavy atom. The van der Waals surface area contributed by atoms with Gasteiger partial charge in [0, 0.05) is 10.5 Å². The first kappa shape index (κ1) is 16.1. The van der Waals surface area contributed by atoms with Gasteiger partial charge in [-0.3, -0.25) is 4.18 Å². The first-order valence-electron chi connectivity index (χ1n) is 4.87. The van der Waals surface area contributed by atoms with Crippen LogP contribution < -0.4 is 4.68 Å². The van der Waals surface area contributed by atoms with Gasteiger partial charge in [-0.2, -0.15) is 0 Å². The molecule has 2 rings (SSSR count). The predicted octanol–water partition coefficient (Wildman–Crippen LogP) is 1.46. The third kappa shape index (κ3) is 4.55. The molecule has 0 spiro atoms. The van der Waals surface area contributed by atoms with Gasteiger partial charge in [0.2, 0.25) is 15.6 Å². The van der Waals surface area contributed by atoms with Crippen molar-refractivity contribution in [2.45, 2.75) is 0 Å². The van der Waals surface area contributed by atoms with E-state index in [0.717, 1.165) is 17.9 Å². The van der Waals surface area contributed by atoms with Crippen molar-refractivity contribution in [3.8, 4) is 0 Å². The average molecular weight is 325 g/mol. The number of aromatic nitrogens is 2. The maximum atomic E-state index is 9.22. The number of halogens is 2. The van der Waals surface area contributed by atoms with Crippen LogP contribution in [0.15, 0.2) is 24.3 Å². The van der Waals surface area contributed by atoms with Crippen molar-refractivity contribution in [2.24, 2.45) is 7.05 Å². The maximum Gasteiger partial charge on any atom is 0.308 e. The van der Waals surface area contributed by atoms with Crippen LogP contribution in [0.2, 0.25) is 10.3 Å². The van der Waals surface area contributed by atoms with E-state index in [1.165, 1.54) is 0 Å². The highest BCUT2D eigenvalue weighted by Gasteiger charge is 2.14. The summed E-state index contributed by atoms with van der Waals surface area (Å²) in [6, 6.07) is 7.65. The monoisotopic (exact) mass is 324 g/mol. The fourth-order valence-corrected chi connectivity index (χ4v) is 1.73. The Hall–Kier alpha value is -0.990. The molecule has 19 heavy (non-hydrogen) atoms. The normalized spacial score (nSPS) is 11.0. The van der Waals surface area contributed by atoms with Crippen molar-refractivity contribution in [3.05, 3.63) is 34.6 Å². The molecule has 6 nitrogen and oxygen atoms in total. The zero-order valence-corrected chi connectivity index (χ0v) is 12.3. The molecule has 0 aliphatic carbocycles. The molecule has 0 saturated heterocycles. The van der Waals surface area contributed by atoms with Gasteiger partial charge in [0.1, 0.15) is 0 Å². The third-order valence-corrected chi connectivity index (χ3v) is 3.23. The molecule has 0 N–H and O–H groups in total. The van der Waals surface area contributed by atoms with Crippen LogP contribution in [0.1, 0.15) is 0 Å². The molecule has 0 fully saturated rings. The summed E-state index contributed by atoms with van der Waals surface area (Å²) in [4.78, 5) is 0. The zero-order chi connectivity index (χ0) is 14.6. The minimum atomic E-state index is -4.41. The average Bonchev–Trinajstić information content (AvgIpc) is 2.36. The number of benzene rings is 1. The maximum absolute atomic E-state index is 9.22. The van der Waals surface area contributed by atoms with E-state index in [1.807, 2.05) is 24.3 Å². The zero-order valence-electron chi connectivity index (χ0n) is 10.0. The van der Waals surface area contributed by atoms with Crippen LogP contribution in [0.25, 0.3) is 10.8 Å². The third-order valence-electron chi connectivity index (χ3n) is 2.10. The molecule has 0 saturated carbocycles. The van der Waals surface area contributed by atoms with Crippen LogP contribution in [-0.2, 0) is 21.6 Å². The van der Waals surface area contributed by atoms with Gasteiger partial charge >= 0.3 is 5.15 Å². The number of hydrogen-bond donors (Lipinski definition) is 0. The smallest absolute Gasteiger partial charge is 0.308 e. The van der Waals surface area contributed by atoms with Crippen molar-refractivity contribution in [1.82, 2.24) is 5.10 Å². The van der Waals surface area contributed by atoms with Crippen LogP contribution in [0.5, 0.6) is 0 Å². The lowest BCUT2D eigenvalue weighted by Gasteiger charge is -1.98. The van der Waals surface area contributed by atoms with Crippen molar-refractivity contribution in [1.29, 1.82) is 0 Å². The van der Waals surface area contributed by atoms with Crippen LogP contribution in [-0.4, -0.2) is 25.2 Å². The predicted molar refractivity (Wildman–Crippen MR) is 69.6 cm³/mol. The molecule has 1 aromatic carbocycles. The fraction of sp³-hybridized carbons (Fsp3) is 0.200. The molecule has 0 radical (unpaired) electrons. The molecule has 9 heteroatoms. The number of hydrogen-bond acceptors (Lipinski definition) is 5. The molecule has 0 bridgehead atoms. The summed E-state index contributed by atoms with van der Waals surface area (Å²) < 4.78 is 32.6. The first-order chi connectivity index (χ1) is 8.76. The van der Waals surface area contributed by atoms with Crippen LogP contribution in [0, 0.1) is 0 Å². The van der Waals surface area contributed by atoms with Gasteiger partial charge in [-0.15, -0.1) is 0 Å². The van der Waals surface area contributed by atoms with Crippen molar-refractivity contribution >= 4 is 44.4 Å². The summed E-state index contributed by atoms with van der Waals surface area (Å²) in [5.41, 5.74) is 0. The lowest BCUT2D eigenvalue weighted by molar-refractivity contribution is -0.727. The fourth-order valence-electron chi connectivity index (χ4n) is 1.25. The van der Waals surface area contributed by atoms with Gasteiger partial charge in [-0.1, -0.05) is 34.5 Å². The largest absolute Gasteiger partial charge is 0.726 e. The Morgan fingerprint density at radius 2 is 1.74 bits per heavy atom. The number of fused-ring (bicyclic) bond motifs is 1. The van der Waals surface area contributed by atoms with E-state index in [1.54, 1.807) is 11.7 Å². The van der Waals surface area contributed by atoms with Crippen LogP contribution >= 0.6 is 23.2 Å². The summed E-state index contributed by atoms with van der Waals surface area (Å²) >= 11 is 12.0.